The summed E-state index contributed by atoms with van der Waals surface area (Å²) >= 11 is 0. The van der Waals surface area contributed by atoms with Crippen LogP contribution in [0.1, 0.15) is 6.92 Å². The van der Waals surface area contributed by atoms with Crippen molar-refractivity contribution in [2.75, 3.05) is 6.61 Å². The predicted molar refractivity (Wildman–Crippen MR) is 34.8 cm³/mol. The summed E-state index contributed by atoms with van der Waals surface area (Å²) in [6.07, 6.45) is 0. The first-order valence-corrected chi connectivity index (χ1v) is 5.65. The minimum Gasteiger partial charge on any atom is -0.745 e. The molecule has 0 aliphatic heterocycles. The largest absolute Gasteiger partial charge is 1.00 e. The second-order valence-corrected chi connectivity index (χ2v) is 4.86. The van der Waals surface area contributed by atoms with Gasteiger partial charge < -0.3 is 13.8 Å². The fourth-order valence-corrected chi connectivity index (χ4v) is 2.21. The molecular formula is C3H6Na2O7S2. The van der Waals surface area contributed by atoms with E-state index in [1.54, 1.807) is 0 Å². The van der Waals surface area contributed by atoms with Gasteiger partial charge in [0.15, 0.2) is 0 Å². The van der Waals surface area contributed by atoms with E-state index in [1.807, 2.05) is 0 Å². The van der Waals surface area contributed by atoms with Gasteiger partial charge in [-0.3, -0.25) is 0 Å². The van der Waals surface area contributed by atoms with Gasteiger partial charge in [0.2, 0.25) is 4.77 Å². The van der Waals surface area contributed by atoms with Crippen LogP contribution in [0.5, 0.6) is 0 Å². The van der Waals surface area contributed by atoms with Crippen molar-refractivity contribution in [2.24, 2.45) is 0 Å². The van der Waals surface area contributed by atoms with Crippen molar-refractivity contribution in [3.8, 4) is 0 Å². The molecule has 14 heavy (non-hydrogen) atoms. The molecule has 0 radical (unpaired) electrons. The molecule has 0 unspecified atom stereocenters. The third kappa shape index (κ3) is 7.99. The normalized spacial score (nSPS) is 11.7. The van der Waals surface area contributed by atoms with Gasteiger partial charge in [0, 0.05) is 6.61 Å². The molecule has 0 aromatic carbocycles. The Morgan fingerprint density at radius 3 is 1.43 bits per heavy atom. The van der Waals surface area contributed by atoms with E-state index in [-0.39, 0.29) is 65.7 Å². The molecule has 0 amide bonds. The zero-order valence-corrected chi connectivity index (χ0v) is 13.6. The van der Waals surface area contributed by atoms with Crippen LogP contribution in [0.15, 0.2) is 0 Å². The first-order chi connectivity index (χ1) is 5.19. The van der Waals surface area contributed by atoms with Crippen LogP contribution < -0.4 is 59.1 Å². The molecule has 0 spiro atoms. The molecule has 0 aliphatic carbocycles. The van der Waals surface area contributed by atoms with Crippen LogP contribution in [0, 0.1) is 0 Å². The van der Waals surface area contributed by atoms with Gasteiger partial charge >= 0.3 is 59.1 Å². The molecule has 0 rings (SSSR count). The molecule has 0 aromatic heterocycles. The van der Waals surface area contributed by atoms with E-state index in [0.717, 1.165) is 0 Å². The second kappa shape index (κ2) is 7.96. The van der Waals surface area contributed by atoms with Crippen molar-refractivity contribution in [3.05, 3.63) is 0 Å². The Kier molecular flexibility index (Phi) is 12.0. The summed E-state index contributed by atoms with van der Waals surface area (Å²) in [6.45, 7) is 0.900. The second-order valence-electron chi connectivity index (χ2n) is 1.73. The number of rotatable bonds is 4. The summed E-state index contributed by atoms with van der Waals surface area (Å²) in [5.41, 5.74) is 0. The van der Waals surface area contributed by atoms with Crippen molar-refractivity contribution >= 4 is 20.2 Å². The van der Waals surface area contributed by atoms with E-state index in [4.69, 9.17) is 0 Å². The molecule has 0 fully saturated rings. The SMILES string of the molecule is CCOC(S(=O)(=O)[O-])S(=O)(=O)[O-].[Na+].[Na+]. The van der Waals surface area contributed by atoms with Crippen molar-refractivity contribution in [2.45, 2.75) is 11.7 Å². The molecule has 11 heteroatoms. The van der Waals surface area contributed by atoms with Crippen LogP contribution >= 0.6 is 0 Å². The van der Waals surface area contributed by atoms with E-state index in [1.165, 1.54) is 6.92 Å². The summed E-state index contributed by atoms with van der Waals surface area (Å²) < 4.78 is 61.8. The Hall–Kier alpha value is 1.78. The molecule has 0 heterocycles. The van der Waals surface area contributed by atoms with E-state index in [9.17, 15) is 25.9 Å². The molecule has 0 bridgehead atoms. The summed E-state index contributed by atoms with van der Waals surface area (Å²) in [6, 6.07) is 0. The Morgan fingerprint density at radius 2 is 1.36 bits per heavy atom. The molecule has 0 saturated carbocycles. The fourth-order valence-electron chi connectivity index (χ4n) is 0.447. The summed E-state index contributed by atoms with van der Waals surface area (Å²) in [7, 11) is -10.5. The first-order valence-electron chi connectivity index (χ1n) is 2.70. The monoisotopic (exact) mass is 264 g/mol. The van der Waals surface area contributed by atoms with Crippen LogP contribution in [0.3, 0.4) is 0 Å². The molecule has 0 N–H and O–H groups in total. The molecule has 7 nitrogen and oxygen atoms in total. The minimum absolute atomic E-state index is 0. The summed E-state index contributed by atoms with van der Waals surface area (Å²) in [5.74, 6) is 0. The maximum absolute atomic E-state index is 10.1. The zero-order chi connectivity index (χ0) is 9.99. The van der Waals surface area contributed by atoms with E-state index >= 15 is 0 Å². The van der Waals surface area contributed by atoms with E-state index < -0.39 is 25.0 Å². The van der Waals surface area contributed by atoms with Crippen molar-refractivity contribution in [1.82, 2.24) is 0 Å². The third-order valence-corrected chi connectivity index (χ3v) is 3.40. The maximum atomic E-state index is 10.1. The van der Waals surface area contributed by atoms with Crippen LogP contribution in [0.2, 0.25) is 0 Å². The Bertz CT molecular complexity index is 300. The van der Waals surface area contributed by atoms with Gasteiger partial charge in [-0.25, -0.2) is 16.8 Å². The zero-order valence-electron chi connectivity index (χ0n) is 7.96. The smallest absolute Gasteiger partial charge is 0.745 e. The van der Waals surface area contributed by atoms with Crippen molar-refractivity contribution < 1.29 is 89.8 Å². The first kappa shape index (κ1) is 21.1. The summed E-state index contributed by atoms with van der Waals surface area (Å²) in [4.78, 5) is 0. The minimum atomic E-state index is -5.26. The fraction of sp³-hybridized carbons (Fsp3) is 1.00. The van der Waals surface area contributed by atoms with Crippen LogP contribution in [-0.2, 0) is 25.0 Å². The van der Waals surface area contributed by atoms with Gasteiger partial charge in [0.05, 0.1) is 0 Å². The average Bonchev–Trinajstić information content (AvgIpc) is 1.77. The van der Waals surface area contributed by atoms with Gasteiger partial charge in [0.1, 0.15) is 20.2 Å². The van der Waals surface area contributed by atoms with Crippen molar-refractivity contribution in [1.29, 1.82) is 0 Å². The molecule has 0 saturated heterocycles. The maximum Gasteiger partial charge on any atom is 1.00 e. The average molecular weight is 264 g/mol. The standard InChI is InChI=1S/C3H8O7S2.2Na/c1-2-10-3(11(4,5)6)12(7,8)9;;/h3H,2H2,1H3,(H,4,5,6)(H,7,8,9);;/q;2*+1/p-2. The number of hydrogen-bond acceptors (Lipinski definition) is 7. The quantitative estimate of drug-likeness (QED) is 0.365. The topological polar surface area (TPSA) is 124 Å². The van der Waals surface area contributed by atoms with Gasteiger partial charge in [-0.2, -0.15) is 0 Å². The van der Waals surface area contributed by atoms with E-state index in [2.05, 4.69) is 4.74 Å². The van der Waals surface area contributed by atoms with Crippen molar-refractivity contribution in [3.63, 3.8) is 0 Å². The third-order valence-electron chi connectivity index (χ3n) is 0.774. The van der Waals surface area contributed by atoms with Crippen LogP contribution in [0.4, 0.5) is 0 Å². The number of hydrogen-bond donors (Lipinski definition) is 0. The molecule has 0 atom stereocenters. The van der Waals surface area contributed by atoms with Gasteiger partial charge in [-0.15, -0.1) is 0 Å². The Balaban J connectivity index is -0.000000605. The van der Waals surface area contributed by atoms with Gasteiger partial charge in [-0.1, -0.05) is 0 Å². The molecule has 0 aromatic rings. The van der Waals surface area contributed by atoms with Gasteiger partial charge in [0.25, 0.3) is 0 Å². The molecule has 74 valence electrons. The van der Waals surface area contributed by atoms with Crippen LogP contribution in [-0.4, -0.2) is 37.3 Å². The predicted octanol–water partition coefficient (Wildman–Crippen LogP) is -7.60. The Labute approximate surface area is 127 Å². The summed E-state index contributed by atoms with van der Waals surface area (Å²) in [5, 5.41) is 0. The van der Waals surface area contributed by atoms with Crippen LogP contribution in [0.25, 0.3) is 0 Å². The number of ether oxygens (including phenoxy) is 1. The molecular weight excluding hydrogens is 258 g/mol. The Morgan fingerprint density at radius 1 is 1.07 bits per heavy atom. The molecule has 0 aliphatic rings. The van der Waals surface area contributed by atoms with Gasteiger partial charge in [-0.05, 0) is 6.92 Å². The van der Waals surface area contributed by atoms with E-state index in [0.29, 0.717) is 0 Å².